The molecule has 0 spiro atoms. The van der Waals surface area contributed by atoms with E-state index in [1.165, 1.54) is 11.0 Å². The molecular formula is C31H28N2O7S. The molecule has 1 unspecified atom stereocenters. The zero-order valence-electron chi connectivity index (χ0n) is 22.9. The Morgan fingerprint density at radius 2 is 1.85 bits per heavy atom. The largest absolute Gasteiger partial charge is 0.490 e. The second-order valence-corrected chi connectivity index (χ2v) is 10.3. The predicted molar refractivity (Wildman–Crippen MR) is 157 cm³/mol. The van der Waals surface area contributed by atoms with Gasteiger partial charge in [0.25, 0.3) is 5.91 Å². The van der Waals surface area contributed by atoms with Gasteiger partial charge in [-0.2, -0.15) is 0 Å². The molecule has 41 heavy (non-hydrogen) atoms. The molecular weight excluding hydrogens is 544 g/mol. The maximum Gasteiger partial charge on any atom is 0.350 e. The molecule has 0 radical (unpaired) electrons. The van der Waals surface area contributed by atoms with Gasteiger partial charge < -0.3 is 18.6 Å². The molecule has 210 valence electrons. The molecule has 1 amide bonds. The fourth-order valence-electron chi connectivity index (χ4n) is 4.71. The lowest BCUT2D eigenvalue weighted by molar-refractivity contribution is 0.0554. The van der Waals surface area contributed by atoms with Gasteiger partial charge in [-0.3, -0.25) is 14.5 Å². The molecule has 10 heteroatoms. The summed E-state index contributed by atoms with van der Waals surface area (Å²) in [5.41, 5.74) is 2.01. The Balaban J connectivity index is 1.72. The topological polar surface area (TPSA) is 108 Å². The molecule has 0 saturated carbocycles. The van der Waals surface area contributed by atoms with Crippen LogP contribution in [0.4, 0.5) is 5.13 Å². The van der Waals surface area contributed by atoms with Gasteiger partial charge in [-0.15, -0.1) is 0 Å². The number of anilines is 1. The first-order chi connectivity index (χ1) is 19.8. The maximum atomic E-state index is 14.0. The van der Waals surface area contributed by atoms with E-state index in [4.69, 9.17) is 18.6 Å². The minimum absolute atomic E-state index is 0.0348. The lowest BCUT2D eigenvalue weighted by Gasteiger charge is -2.23. The third-order valence-corrected chi connectivity index (χ3v) is 7.61. The van der Waals surface area contributed by atoms with Crippen LogP contribution in [-0.2, 0) is 4.74 Å². The molecule has 2 aromatic heterocycles. The van der Waals surface area contributed by atoms with Crippen molar-refractivity contribution in [2.75, 3.05) is 24.7 Å². The predicted octanol–water partition coefficient (Wildman–Crippen LogP) is 5.92. The molecule has 1 aliphatic rings. The monoisotopic (exact) mass is 572 g/mol. The number of carbonyl (C=O) groups excluding carboxylic acids is 2. The number of hydrogen-bond donors (Lipinski definition) is 0. The number of rotatable bonds is 10. The van der Waals surface area contributed by atoms with Crippen LogP contribution in [0.15, 0.2) is 70.9 Å². The van der Waals surface area contributed by atoms with E-state index in [1.807, 2.05) is 19.9 Å². The highest BCUT2D eigenvalue weighted by Gasteiger charge is 2.45. The number of ether oxygens (including phenoxy) is 3. The number of benzene rings is 2. The molecule has 9 nitrogen and oxygen atoms in total. The molecule has 1 aliphatic heterocycles. The summed E-state index contributed by atoms with van der Waals surface area (Å²) in [6, 6.07) is 9.55. The minimum atomic E-state index is -0.908. The van der Waals surface area contributed by atoms with Crippen LogP contribution < -0.4 is 19.8 Å². The summed E-state index contributed by atoms with van der Waals surface area (Å²) in [7, 11) is 0. The highest BCUT2D eigenvalue weighted by molar-refractivity contribution is 7.17. The normalized spacial score (nSPS) is 14.2. The van der Waals surface area contributed by atoms with Crippen molar-refractivity contribution < 1.29 is 28.2 Å². The van der Waals surface area contributed by atoms with Crippen molar-refractivity contribution in [2.45, 2.75) is 26.8 Å². The Hall–Kier alpha value is -4.70. The van der Waals surface area contributed by atoms with Crippen molar-refractivity contribution in [3.8, 4) is 11.5 Å². The number of aromatic nitrogens is 1. The van der Waals surface area contributed by atoms with Crippen molar-refractivity contribution >= 4 is 39.3 Å². The van der Waals surface area contributed by atoms with E-state index in [1.54, 1.807) is 43.3 Å². The number of esters is 1. The van der Waals surface area contributed by atoms with E-state index < -0.39 is 17.9 Å². The fourth-order valence-corrected chi connectivity index (χ4v) is 5.69. The second kappa shape index (κ2) is 11.4. The van der Waals surface area contributed by atoms with Crippen molar-refractivity contribution in [1.29, 1.82) is 0 Å². The van der Waals surface area contributed by atoms with Crippen LogP contribution in [0.25, 0.3) is 11.0 Å². The Morgan fingerprint density at radius 3 is 2.59 bits per heavy atom. The molecule has 2 aromatic carbocycles. The second-order valence-electron chi connectivity index (χ2n) is 9.29. The number of carbonyl (C=O) groups is 2. The number of thiazole rings is 1. The Kier molecular flexibility index (Phi) is 7.76. The Morgan fingerprint density at radius 1 is 1.07 bits per heavy atom. The summed E-state index contributed by atoms with van der Waals surface area (Å²) < 4.78 is 22.9. The van der Waals surface area contributed by atoms with Crippen LogP contribution >= 0.6 is 11.3 Å². The Bertz CT molecular complexity index is 1750. The molecule has 0 N–H and O–H groups in total. The van der Waals surface area contributed by atoms with Gasteiger partial charge in [0.05, 0.1) is 29.3 Å². The van der Waals surface area contributed by atoms with Crippen molar-refractivity contribution in [3.05, 3.63) is 105 Å². The van der Waals surface area contributed by atoms with Crippen molar-refractivity contribution in [2.24, 2.45) is 0 Å². The quantitative estimate of drug-likeness (QED) is 0.170. The smallest absolute Gasteiger partial charge is 0.350 e. The van der Waals surface area contributed by atoms with Gasteiger partial charge in [0.15, 0.2) is 22.1 Å². The first kappa shape index (κ1) is 27.9. The first-order valence-corrected chi connectivity index (χ1v) is 13.8. The lowest BCUT2D eigenvalue weighted by Crippen LogP contribution is -2.29. The third kappa shape index (κ3) is 5.02. The molecule has 5 rings (SSSR count). The van der Waals surface area contributed by atoms with E-state index in [0.29, 0.717) is 40.3 Å². The molecule has 4 aromatic rings. The summed E-state index contributed by atoms with van der Waals surface area (Å²) >= 11 is 1.00. The van der Waals surface area contributed by atoms with Gasteiger partial charge in [0, 0.05) is 0 Å². The fraction of sp³-hybridized carbons (Fsp3) is 0.226. The molecule has 3 heterocycles. The third-order valence-electron chi connectivity index (χ3n) is 6.47. The summed E-state index contributed by atoms with van der Waals surface area (Å²) in [6.45, 7) is 13.3. The number of nitrogens with zero attached hydrogens (tertiary/aromatic N) is 2. The average Bonchev–Trinajstić information content (AvgIpc) is 3.48. The van der Waals surface area contributed by atoms with E-state index in [-0.39, 0.29) is 40.0 Å². The average molecular weight is 573 g/mol. The van der Waals surface area contributed by atoms with Crippen LogP contribution in [0.1, 0.15) is 55.6 Å². The maximum absolute atomic E-state index is 14.0. The van der Waals surface area contributed by atoms with Crippen LogP contribution in [0.5, 0.6) is 11.5 Å². The number of fused-ring (bicyclic) bond motifs is 2. The molecule has 1 atom stereocenters. The van der Waals surface area contributed by atoms with Gasteiger partial charge in [0.1, 0.15) is 23.7 Å². The Labute approximate surface area is 240 Å². The first-order valence-electron chi connectivity index (χ1n) is 13.0. The molecule has 0 aliphatic carbocycles. The number of hydrogen-bond acceptors (Lipinski definition) is 9. The molecule has 0 fully saturated rings. The summed E-state index contributed by atoms with van der Waals surface area (Å²) in [6.07, 6.45) is 3.09. The highest BCUT2D eigenvalue weighted by Crippen LogP contribution is 2.45. The minimum Gasteiger partial charge on any atom is -0.490 e. The van der Waals surface area contributed by atoms with Crippen LogP contribution in [0, 0.1) is 13.8 Å². The van der Waals surface area contributed by atoms with E-state index >= 15 is 0 Å². The van der Waals surface area contributed by atoms with Gasteiger partial charge in [-0.25, -0.2) is 9.78 Å². The van der Waals surface area contributed by atoms with Gasteiger partial charge in [-0.1, -0.05) is 54.3 Å². The van der Waals surface area contributed by atoms with Gasteiger partial charge in [-0.05, 0) is 50.6 Å². The van der Waals surface area contributed by atoms with E-state index in [9.17, 15) is 14.4 Å². The highest BCUT2D eigenvalue weighted by atomic mass is 32.1. The van der Waals surface area contributed by atoms with Crippen molar-refractivity contribution in [3.63, 3.8) is 0 Å². The molecule has 0 saturated heterocycles. The van der Waals surface area contributed by atoms with Crippen molar-refractivity contribution in [1.82, 2.24) is 4.98 Å². The van der Waals surface area contributed by atoms with Gasteiger partial charge in [0.2, 0.25) is 5.76 Å². The number of amides is 1. The van der Waals surface area contributed by atoms with E-state index in [2.05, 4.69) is 18.1 Å². The number of aryl methyl sites for hydroxylation is 2. The zero-order chi connectivity index (χ0) is 29.3. The lowest BCUT2D eigenvalue weighted by atomic mass is 9.98. The zero-order valence-corrected chi connectivity index (χ0v) is 23.7. The SMILES string of the molecule is C=CCOC(=O)c1sc(N2C(=O)c3oc4ccc(C)cc4c(=O)c3C2c2ccc(OCC=C)c(OCC)c2)nc1C. The summed E-state index contributed by atoms with van der Waals surface area (Å²) in [5.74, 6) is -0.272. The summed E-state index contributed by atoms with van der Waals surface area (Å²) in [5, 5.41) is 0.586. The van der Waals surface area contributed by atoms with E-state index in [0.717, 1.165) is 16.9 Å². The van der Waals surface area contributed by atoms with Crippen LogP contribution in [0.3, 0.4) is 0 Å². The summed E-state index contributed by atoms with van der Waals surface area (Å²) in [4.78, 5) is 46.8. The van der Waals surface area contributed by atoms with Crippen LogP contribution in [0.2, 0.25) is 0 Å². The standard InChI is InChI=1S/C31H28N2O7S/c1-6-13-38-22-12-10-19(16-23(22)37-8-3)25-24-26(34)20-15-17(4)9-11-21(20)40-27(24)29(35)33(25)31-32-18(5)28(41-31)30(36)39-14-7-2/h6-7,9-12,15-16,25H,1-2,8,13-14H2,3-5H3. The van der Waals surface area contributed by atoms with Gasteiger partial charge >= 0.3 is 5.97 Å². The van der Waals surface area contributed by atoms with Crippen LogP contribution in [-0.4, -0.2) is 36.7 Å². The molecule has 0 bridgehead atoms.